The monoisotopic (exact) mass is 228 g/mol. The number of hydrogen-bond acceptors (Lipinski definition) is 3. The Morgan fingerprint density at radius 2 is 2.20 bits per heavy atom. The third-order valence-electron chi connectivity index (χ3n) is 3.34. The van der Waals surface area contributed by atoms with Crippen LogP contribution >= 0.6 is 11.8 Å². The molecule has 0 aromatic carbocycles. The van der Waals surface area contributed by atoms with Gasteiger partial charge in [0.15, 0.2) is 0 Å². The maximum absolute atomic E-state index is 12.0. The molecule has 2 rings (SSSR count). The van der Waals surface area contributed by atoms with Gasteiger partial charge in [-0.15, -0.1) is 0 Å². The first kappa shape index (κ1) is 11.3. The summed E-state index contributed by atoms with van der Waals surface area (Å²) < 4.78 is 0. The molecule has 1 amide bonds. The summed E-state index contributed by atoms with van der Waals surface area (Å²) >= 11 is 1.99. The van der Waals surface area contributed by atoms with Gasteiger partial charge in [-0.1, -0.05) is 13.8 Å². The molecule has 3 nitrogen and oxygen atoms in total. The van der Waals surface area contributed by atoms with Crippen LogP contribution < -0.4 is 5.73 Å². The summed E-state index contributed by atoms with van der Waals surface area (Å²) in [5.41, 5.74) is 5.46. The van der Waals surface area contributed by atoms with Crippen LogP contribution in [0.1, 0.15) is 26.7 Å². The van der Waals surface area contributed by atoms with Crippen LogP contribution in [0.3, 0.4) is 0 Å². The molecular weight excluding hydrogens is 208 g/mol. The fraction of sp³-hybridized carbons (Fsp3) is 0.909. The van der Waals surface area contributed by atoms with Gasteiger partial charge in [-0.3, -0.25) is 4.79 Å². The average molecular weight is 228 g/mol. The second-order valence-corrected chi connectivity index (χ2v) is 6.41. The second kappa shape index (κ2) is 3.98. The van der Waals surface area contributed by atoms with Crippen molar-refractivity contribution in [2.75, 3.05) is 18.8 Å². The van der Waals surface area contributed by atoms with Gasteiger partial charge in [0.05, 0.1) is 5.54 Å². The highest BCUT2D eigenvalue weighted by Gasteiger charge is 2.48. The van der Waals surface area contributed by atoms with Gasteiger partial charge in [-0.05, 0) is 18.8 Å². The van der Waals surface area contributed by atoms with Gasteiger partial charge in [0.1, 0.15) is 0 Å². The highest BCUT2D eigenvalue weighted by molar-refractivity contribution is 8.00. The fourth-order valence-electron chi connectivity index (χ4n) is 1.93. The van der Waals surface area contributed by atoms with Gasteiger partial charge in [0.2, 0.25) is 5.91 Å². The molecule has 2 N–H and O–H groups in total. The maximum atomic E-state index is 12.0. The zero-order valence-corrected chi connectivity index (χ0v) is 10.3. The lowest BCUT2D eigenvalue weighted by Crippen LogP contribution is -2.51. The number of nitrogens with two attached hydrogens (primary N) is 1. The van der Waals surface area contributed by atoms with Gasteiger partial charge in [-0.25, -0.2) is 0 Å². The molecule has 0 radical (unpaired) electrons. The van der Waals surface area contributed by atoms with Crippen LogP contribution in [0.5, 0.6) is 0 Å². The summed E-state index contributed by atoms with van der Waals surface area (Å²) in [6.45, 7) is 6.22. The predicted molar refractivity (Wildman–Crippen MR) is 63.8 cm³/mol. The lowest BCUT2D eigenvalue weighted by Gasteiger charge is -2.35. The Bertz CT molecular complexity index is 263. The first-order valence-corrected chi connectivity index (χ1v) is 6.78. The van der Waals surface area contributed by atoms with Crippen LogP contribution in [0.15, 0.2) is 0 Å². The quantitative estimate of drug-likeness (QED) is 0.769. The molecule has 1 atom stereocenters. The smallest absolute Gasteiger partial charge is 0.242 e. The van der Waals surface area contributed by atoms with E-state index < -0.39 is 5.54 Å². The zero-order chi connectivity index (χ0) is 11.1. The van der Waals surface area contributed by atoms with Crippen molar-refractivity contribution in [1.29, 1.82) is 0 Å². The topological polar surface area (TPSA) is 46.3 Å². The normalized spacial score (nSPS) is 29.3. The van der Waals surface area contributed by atoms with Gasteiger partial charge < -0.3 is 10.6 Å². The third kappa shape index (κ3) is 2.31. The standard InChI is InChI=1S/C11H20N2OS/c1-8(2)9-7-13(5-6-15-9)10(14)11(12)3-4-11/h8-9H,3-7,12H2,1-2H3. The van der Waals surface area contributed by atoms with E-state index in [1.165, 1.54) is 0 Å². The van der Waals surface area contributed by atoms with Crippen LogP contribution in [-0.4, -0.2) is 40.4 Å². The summed E-state index contributed by atoms with van der Waals surface area (Å²) in [6, 6.07) is 0. The molecule has 1 aliphatic carbocycles. The minimum atomic E-state index is -0.483. The van der Waals surface area contributed by atoms with E-state index in [9.17, 15) is 4.79 Å². The Labute approximate surface area is 95.8 Å². The van der Waals surface area contributed by atoms with Crippen molar-refractivity contribution in [3.8, 4) is 0 Å². The molecule has 1 aliphatic heterocycles. The molecular formula is C11H20N2OS. The van der Waals surface area contributed by atoms with Crippen LogP contribution in [0.2, 0.25) is 0 Å². The number of rotatable bonds is 2. The van der Waals surface area contributed by atoms with Gasteiger partial charge in [0.25, 0.3) is 0 Å². The molecule has 15 heavy (non-hydrogen) atoms. The Morgan fingerprint density at radius 1 is 1.53 bits per heavy atom. The average Bonchev–Trinajstić information content (AvgIpc) is 2.97. The third-order valence-corrected chi connectivity index (χ3v) is 4.88. The molecule has 0 bridgehead atoms. The van der Waals surface area contributed by atoms with Crippen molar-refractivity contribution < 1.29 is 4.79 Å². The van der Waals surface area contributed by atoms with Crippen LogP contribution in [0.4, 0.5) is 0 Å². The number of amides is 1. The van der Waals surface area contributed by atoms with Crippen molar-refractivity contribution >= 4 is 17.7 Å². The molecule has 0 aromatic heterocycles. The maximum Gasteiger partial charge on any atom is 0.242 e. The number of nitrogens with zero attached hydrogens (tertiary/aromatic N) is 1. The summed E-state index contributed by atoms with van der Waals surface area (Å²) in [5.74, 6) is 1.89. The highest BCUT2D eigenvalue weighted by Crippen LogP contribution is 2.36. The lowest BCUT2D eigenvalue weighted by atomic mass is 10.1. The van der Waals surface area contributed by atoms with Crippen molar-refractivity contribution in [3.05, 3.63) is 0 Å². The van der Waals surface area contributed by atoms with Crippen molar-refractivity contribution in [2.45, 2.75) is 37.5 Å². The highest BCUT2D eigenvalue weighted by atomic mass is 32.2. The van der Waals surface area contributed by atoms with E-state index in [1.54, 1.807) is 0 Å². The molecule has 0 spiro atoms. The van der Waals surface area contributed by atoms with Crippen LogP contribution in [0.25, 0.3) is 0 Å². The van der Waals surface area contributed by atoms with Crippen LogP contribution in [-0.2, 0) is 4.79 Å². The van der Waals surface area contributed by atoms with Crippen molar-refractivity contribution in [3.63, 3.8) is 0 Å². The first-order chi connectivity index (χ1) is 7.03. The van der Waals surface area contributed by atoms with E-state index in [0.717, 1.165) is 31.7 Å². The van der Waals surface area contributed by atoms with Crippen molar-refractivity contribution in [1.82, 2.24) is 4.90 Å². The second-order valence-electron chi connectivity index (χ2n) is 5.06. The molecule has 2 fully saturated rings. The molecule has 1 unspecified atom stereocenters. The van der Waals surface area contributed by atoms with E-state index in [-0.39, 0.29) is 5.91 Å². The fourth-order valence-corrected chi connectivity index (χ4v) is 3.23. The molecule has 1 saturated carbocycles. The molecule has 1 heterocycles. The number of carbonyl (C=O) groups is 1. The number of carbonyl (C=O) groups excluding carboxylic acids is 1. The Morgan fingerprint density at radius 3 is 2.73 bits per heavy atom. The molecule has 4 heteroatoms. The summed E-state index contributed by atoms with van der Waals surface area (Å²) in [6.07, 6.45) is 1.75. The van der Waals surface area contributed by atoms with Gasteiger partial charge in [-0.2, -0.15) is 11.8 Å². The molecule has 86 valence electrons. The predicted octanol–water partition coefficient (Wildman–Crippen LogP) is 1.08. The number of thioether (sulfide) groups is 1. The van der Waals surface area contributed by atoms with Crippen molar-refractivity contribution in [2.24, 2.45) is 11.7 Å². The van der Waals surface area contributed by atoms with Gasteiger partial charge >= 0.3 is 0 Å². The molecule has 2 aliphatic rings. The van der Waals surface area contributed by atoms with Gasteiger partial charge in [0, 0.05) is 24.1 Å². The summed E-state index contributed by atoms with van der Waals surface area (Å²) in [5, 5.41) is 0.588. The lowest BCUT2D eigenvalue weighted by molar-refractivity contribution is -0.133. The van der Waals surface area contributed by atoms with E-state index in [0.29, 0.717) is 11.2 Å². The summed E-state index contributed by atoms with van der Waals surface area (Å²) in [4.78, 5) is 14.0. The Hall–Kier alpha value is -0.220. The van der Waals surface area contributed by atoms with E-state index in [2.05, 4.69) is 13.8 Å². The molecule has 1 saturated heterocycles. The van der Waals surface area contributed by atoms with Crippen LogP contribution in [0, 0.1) is 5.92 Å². The van der Waals surface area contributed by atoms with E-state index in [1.807, 2.05) is 16.7 Å². The summed E-state index contributed by atoms with van der Waals surface area (Å²) in [7, 11) is 0. The van der Waals surface area contributed by atoms with E-state index in [4.69, 9.17) is 5.73 Å². The Balaban J connectivity index is 1.95. The first-order valence-electron chi connectivity index (χ1n) is 5.73. The minimum Gasteiger partial charge on any atom is -0.339 e. The zero-order valence-electron chi connectivity index (χ0n) is 9.53. The minimum absolute atomic E-state index is 0.188. The van der Waals surface area contributed by atoms with E-state index >= 15 is 0 Å². The molecule has 0 aromatic rings. The largest absolute Gasteiger partial charge is 0.339 e. The Kier molecular flexibility index (Phi) is 2.99. The number of hydrogen-bond donors (Lipinski definition) is 1. The SMILES string of the molecule is CC(C)C1CN(C(=O)C2(N)CC2)CCS1.